The molecule has 0 saturated carbocycles. The molecule has 1 unspecified atom stereocenters. The first kappa shape index (κ1) is 20.3. The summed E-state index contributed by atoms with van der Waals surface area (Å²) in [4.78, 5) is 43.0. The Hall–Kier alpha value is -2.41. The number of Topliss-reactive ketones (excluding diaryl/α,β-unsaturated/α-hetero) is 1. The van der Waals surface area contributed by atoms with Crippen molar-refractivity contribution in [1.29, 1.82) is 0 Å². The normalized spacial score (nSPS) is 22.1. The third kappa shape index (κ3) is 4.52. The van der Waals surface area contributed by atoms with Gasteiger partial charge in [0, 0.05) is 39.5 Å². The Balaban J connectivity index is 1.64. The number of ketones is 1. The van der Waals surface area contributed by atoms with E-state index in [0.717, 1.165) is 6.54 Å². The minimum Gasteiger partial charge on any atom is -0.486 e. The molecule has 3 rings (SSSR count). The molecule has 0 aromatic heterocycles. The molecule has 0 N–H and O–H groups in total. The van der Waals surface area contributed by atoms with Gasteiger partial charge < -0.3 is 19.4 Å². The zero-order chi connectivity index (χ0) is 20.3. The number of carbonyl (C=O) groups excluding carboxylic acids is 3. The van der Waals surface area contributed by atoms with Crippen LogP contribution >= 0.6 is 0 Å². The van der Waals surface area contributed by atoms with Crippen LogP contribution < -0.4 is 4.74 Å². The third-order valence-corrected chi connectivity index (χ3v) is 5.62. The van der Waals surface area contributed by atoms with Crippen LogP contribution in [0.15, 0.2) is 24.3 Å². The number of fused-ring (bicyclic) bond motifs is 1. The Morgan fingerprint density at radius 2 is 1.89 bits per heavy atom. The van der Waals surface area contributed by atoms with E-state index in [9.17, 15) is 14.4 Å². The standard InChI is InChI=1S/C21H29N3O4/c1-22(2)12-13-23(3)20(27)15-24-11-10-21(9-8-19(24)26)14-17(25)16-6-4-5-7-18(16)28-21/h4-7H,8-15H2,1-3H3. The molecule has 2 heterocycles. The van der Waals surface area contributed by atoms with E-state index >= 15 is 0 Å². The number of hydrogen-bond acceptors (Lipinski definition) is 5. The molecule has 2 aliphatic rings. The quantitative estimate of drug-likeness (QED) is 0.764. The Morgan fingerprint density at radius 3 is 2.64 bits per heavy atom. The van der Waals surface area contributed by atoms with Gasteiger partial charge in [-0.25, -0.2) is 0 Å². The first-order chi connectivity index (χ1) is 13.3. The highest BCUT2D eigenvalue weighted by Crippen LogP contribution is 2.39. The van der Waals surface area contributed by atoms with Crippen LogP contribution in [0.5, 0.6) is 5.75 Å². The van der Waals surface area contributed by atoms with Crippen LogP contribution in [0.25, 0.3) is 0 Å². The number of carbonyl (C=O) groups is 3. The fourth-order valence-corrected chi connectivity index (χ4v) is 3.73. The van der Waals surface area contributed by atoms with Crippen molar-refractivity contribution in [1.82, 2.24) is 14.7 Å². The molecule has 2 amide bonds. The summed E-state index contributed by atoms with van der Waals surface area (Å²) in [6.07, 6.45) is 1.60. The molecule has 1 aromatic carbocycles. The van der Waals surface area contributed by atoms with Crippen LogP contribution in [0.3, 0.4) is 0 Å². The molecule has 0 aliphatic carbocycles. The zero-order valence-electron chi connectivity index (χ0n) is 16.9. The SMILES string of the molecule is CN(C)CCN(C)C(=O)CN1CCC2(CCC1=O)CC(=O)c1ccccc1O2. The minimum atomic E-state index is -0.657. The average molecular weight is 387 g/mol. The van der Waals surface area contributed by atoms with E-state index in [4.69, 9.17) is 4.74 Å². The number of likely N-dealkylation sites (N-methyl/N-ethyl adjacent to an activating group) is 2. The van der Waals surface area contributed by atoms with Gasteiger partial charge in [-0.05, 0) is 32.6 Å². The van der Waals surface area contributed by atoms with E-state index in [-0.39, 0.29) is 37.0 Å². The summed E-state index contributed by atoms with van der Waals surface area (Å²) in [5.41, 5.74) is -0.0475. The Kier molecular flexibility index (Phi) is 6.03. The van der Waals surface area contributed by atoms with Gasteiger partial charge in [-0.2, -0.15) is 0 Å². The maximum Gasteiger partial charge on any atom is 0.241 e. The number of amides is 2. The second kappa shape index (κ2) is 8.31. The number of benzene rings is 1. The lowest BCUT2D eigenvalue weighted by Crippen LogP contribution is -2.44. The fraction of sp³-hybridized carbons (Fsp3) is 0.571. The smallest absolute Gasteiger partial charge is 0.241 e. The van der Waals surface area contributed by atoms with Gasteiger partial charge in [0.15, 0.2) is 5.78 Å². The number of rotatable bonds is 5. The van der Waals surface area contributed by atoms with Crippen LogP contribution in [0.4, 0.5) is 0 Å². The molecule has 7 heteroatoms. The molecule has 1 fully saturated rings. The van der Waals surface area contributed by atoms with Gasteiger partial charge in [0.25, 0.3) is 0 Å². The maximum absolute atomic E-state index is 12.6. The minimum absolute atomic E-state index is 0.0545. The monoisotopic (exact) mass is 387 g/mol. The van der Waals surface area contributed by atoms with Crippen molar-refractivity contribution in [2.45, 2.75) is 31.3 Å². The van der Waals surface area contributed by atoms with E-state index in [1.807, 2.05) is 37.2 Å². The van der Waals surface area contributed by atoms with Crippen molar-refractivity contribution in [2.75, 3.05) is 47.3 Å². The van der Waals surface area contributed by atoms with Crippen LogP contribution in [-0.4, -0.2) is 85.2 Å². The highest BCUT2D eigenvalue weighted by molar-refractivity contribution is 6.00. The molecule has 28 heavy (non-hydrogen) atoms. The highest BCUT2D eigenvalue weighted by Gasteiger charge is 2.43. The number of para-hydroxylation sites is 1. The number of ether oxygens (including phenoxy) is 1. The molecule has 0 radical (unpaired) electrons. The van der Waals surface area contributed by atoms with Crippen molar-refractivity contribution in [3.05, 3.63) is 29.8 Å². The molecule has 1 saturated heterocycles. The molecule has 7 nitrogen and oxygen atoms in total. The van der Waals surface area contributed by atoms with Gasteiger partial charge in [0.1, 0.15) is 11.4 Å². The van der Waals surface area contributed by atoms with Gasteiger partial charge in [-0.3, -0.25) is 14.4 Å². The lowest BCUT2D eigenvalue weighted by Gasteiger charge is -2.37. The molecule has 0 bridgehead atoms. The van der Waals surface area contributed by atoms with Crippen molar-refractivity contribution < 1.29 is 19.1 Å². The van der Waals surface area contributed by atoms with E-state index in [1.54, 1.807) is 22.9 Å². The predicted molar refractivity (Wildman–Crippen MR) is 105 cm³/mol. The van der Waals surface area contributed by atoms with Crippen molar-refractivity contribution in [3.8, 4) is 5.75 Å². The molecular weight excluding hydrogens is 358 g/mol. The summed E-state index contributed by atoms with van der Waals surface area (Å²) in [5, 5.41) is 0. The Morgan fingerprint density at radius 1 is 1.14 bits per heavy atom. The number of nitrogens with zero attached hydrogens (tertiary/aromatic N) is 3. The van der Waals surface area contributed by atoms with Crippen LogP contribution in [-0.2, 0) is 9.59 Å². The van der Waals surface area contributed by atoms with Crippen molar-refractivity contribution in [3.63, 3.8) is 0 Å². The van der Waals surface area contributed by atoms with Gasteiger partial charge in [-0.1, -0.05) is 12.1 Å². The van der Waals surface area contributed by atoms with Crippen LogP contribution in [0, 0.1) is 0 Å². The second-order valence-corrected chi connectivity index (χ2v) is 8.07. The van der Waals surface area contributed by atoms with Crippen molar-refractivity contribution >= 4 is 17.6 Å². The first-order valence-electron chi connectivity index (χ1n) is 9.77. The molecule has 2 aliphatic heterocycles. The Labute approximate surface area is 166 Å². The maximum atomic E-state index is 12.6. The molecule has 1 aromatic rings. The van der Waals surface area contributed by atoms with Gasteiger partial charge >= 0.3 is 0 Å². The summed E-state index contributed by atoms with van der Waals surface area (Å²) in [7, 11) is 5.68. The largest absolute Gasteiger partial charge is 0.486 e. The molecule has 1 atom stereocenters. The summed E-state index contributed by atoms with van der Waals surface area (Å²) in [6, 6.07) is 7.26. The lowest BCUT2D eigenvalue weighted by molar-refractivity contribution is -0.139. The predicted octanol–water partition coefficient (Wildman–Crippen LogP) is 1.42. The van der Waals surface area contributed by atoms with Crippen LogP contribution in [0.2, 0.25) is 0 Å². The number of likely N-dealkylation sites (tertiary alicyclic amines) is 1. The Bertz CT molecular complexity index is 764. The summed E-state index contributed by atoms with van der Waals surface area (Å²) < 4.78 is 6.22. The highest BCUT2D eigenvalue weighted by atomic mass is 16.5. The number of hydrogen-bond donors (Lipinski definition) is 0. The van der Waals surface area contributed by atoms with E-state index in [1.165, 1.54) is 0 Å². The fourth-order valence-electron chi connectivity index (χ4n) is 3.73. The van der Waals surface area contributed by atoms with Gasteiger partial charge in [-0.15, -0.1) is 0 Å². The summed E-state index contributed by atoms with van der Waals surface area (Å²) >= 11 is 0. The molecular formula is C21H29N3O4. The van der Waals surface area contributed by atoms with Crippen LogP contribution in [0.1, 0.15) is 36.0 Å². The van der Waals surface area contributed by atoms with E-state index in [2.05, 4.69) is 0 Å². The first-order valence-corrected chi connectivity index (χ1v) is 9.77. The second-order valence-electron chi connectivity index (χ2n) is 8.07. The van der Waals surface area contributed by atoms with Gasteiger partial charge in [0.05, 0.1) is 18.5 Å². The third-order valence-electron chi connectivity index (χ3n) is 5.62. The molecule has 1 spiro atoms. The van der Waals surface area contributed by atoms with E-state index < -0.39 is 5.60 Å². The average Bonchev–Trinajstić information content (AvgIpc) is 2.80. The summed E-state index contributed by atoms with van der Waals surface area (Å²) in [6.45, 7) is 1.88. The van der Waals surface area contributed by atoms with Crippen molar-refractivity contribution in [2.24, 2.45) is 0 Å². The summed E-state index contributed by atoms with van der Waals surface area (Å²) in [5.74, 6) is 0.527. The van der Waals surface area contributed by atoms with E-state index in [0.29, 0.717) is 37.2 Å². The molecule has 152 valence electrons. The topological polar surface area (TPSA) is 70.2 Å². The van der Waals surface area contributed by atoms with Gasteiger partial charge in [0.2, 0.25) is 11.8 Å². The zero-order valence-corrected chi connectivity index (χ0v) is 16.9. The lowest BCUT2D eigenvalue weighted by atomic mass is 9.84.